The van der Waals surface area contributed by atoms with Gasteiger partial charge in [0, 0.05) is 25.2 Å². The van der Waals surface area contributed by atoms with E-state index in [0.29, 0.717) is 13.1 Å². The van der Waals surface area contributed by atoms with Gasteiger partial charge in [-0.05, 0) is 25.0 Å². The smallest absolute Gasteiger partial charge is 0.257 e. The van der Waals surface area contributed by atoms with E-state index in [9.17, 15) is 15.0 Å². The first-order valence-corrected chi connectivity index (χ1v) is 6.66. The Balaban J connectivity index is 2.25. The number of hydrogen-bond donors (Lipinski definition) is 3. The first-order chi connectivity index (χ1) is 9.13. The largest absolute Gasteiger partial charge is 0.508 e. The molecule has 104 valence electrons. The van der Waals surface area contributed by atoms with Gasteiger partial charge in [0.25, 0.3) is 5.91 Å². The summed E-state index contributed by atoms with van der Waals surface area (Å²) in [5.41, 5.74) is 5.97. The third-order valence-corrected chi connectivity index (χ3v) is 3.62. The summed E-state index contributed by atoms with van der Waals surface area (Å²) in [7, 11) is 0. The van der Waals surface area contributed by atoms with Crippen LogP contribution in [-0.4, -0.2) is 40.2 Å². The van der Waals surface area contributed by atoms with Gasteiger partial charge in [-0.3, -0.25) is 4.79 Å². The summed E-state index contributed by atoms with van der Waals surface area (Å²) >= 11 is 0. The zero-order valence-electron chi connectivity index (χ0n) is 10.9. The highest BCUT2D eigenvalue weighted by Crippen LogP contribution is 2.26. The molecule has 1 aliphatic rings. The molecule has 5 nitrogen and oxygen atoms in total. The number of aromatic hydroxyl groups is 2. The van der Waals surface area contributed by atoms with E-state index in [1.165, 1.54) is 18.2 Å². The molecule has 1 unspecified atom stereocenters. The molecule has 1 aromatic carbocycles. The fourth-order valence-electron chi connectivity index (χ4n) is 2.55. The summed E-state index contributed by atoms with van der Waals surface area (Å²) < 4.78 is 0. The molecule has 0 saturated carbocycles. The van der Waals surface area contributed by atoms with Crippen LogP contribution in [0.15, 0.2) is 18.2 Å². The van der Waals surface area contributed by atoms with Gasteiger partial charge < -0.3 is 20.8 Å². The zero-order chi connectivity index (χ0) is 13.8. The van der Waals surface area contributed by atoms with Gasteiger partial charge in [-0.15, -0.1) is 0 Å². The molecular weight excluding hydrogens is 244 g/mol. The van der Waals surface area contributed by atoms with Gasteiger partial charge in [-0.1, -0.05) is 12.8 Å². The summed E-state index contributed by atoms with van der Waals surface area (Å²) in [6.07, 6.45) is 4.04. The Hall–Kier alpha value is -1.75. The maximum Gasteiger partial charge on any atom is 0.257 e. The highest BCUT2D eigenvalue weighted by Gasteiger charge is 2.26. The predicted molar refractivity (Wildman–Crippen MR) is 72.1 cm³/mol. The van der Waals surface area contributed by atoms with Crippen LogP contribution in [0.3, 0.4) is 0 Å². The van der Waals surface area contributed by atoms with Gasteiger partial charge in [0.2, 0.25) is 0 Å². The maximum atomic E-state index is 12.5. The SMILES string of the molecule is NCC1CCCCCN1C(=O)c1ccc(O)cc1O. The van der Waals surface area contributed by atoms with Crippen molar-refractivity contribution in [1.82, 2.24) is 4.90 Å². The van der Waals surface area contributed by atoms with Crippen molar-refractivity contribution in [2.45, 2.75) is 31.7 Å². The van der Waals surface area contributed by atoms with Crippen molar-refractivity contribution in [2.75, 3.05) is 13.1 Å². The minimum Gasteiger partial charge on any atom is -0.508 e. The Bertz CT molecular complexity index is 462. The van der Waals surface area contributed by atoms with Crippen molar-refractivity contribution >= 4 is 5.91 Å². The molecule has 1 saturated heterocycles. The lowest BCUT2D eigenvalue weighted by Crippen LogP contribution is -2.44. The van der Waals surface area contributed by atoms with Crippen molar-refractivity contribution in [2.24, 2.45) is 5.73 Å². The van der Waals surface area contributed by atoms with Crippen molar-refractivity contribution in [3.8, 4) is 11.5 Å². The highest BCUT2D eigenvalue weighted by atomic mass is 16.3. The number of nitrogens with zero attached hydrogens (tertiary/aromatic N) is 1. The molecule has 0 aromatic heterocycles. The average Bonchev–Trinajstić information content (AvgIpc) is 2.63. The second kappa shape index (κ2) is 5.93. The number of carbonyl (C=O) groups excluding carboxylic acids is 1. The van der Waals surface area contributed by atoms with Crippen LogP contribution < -0.4 is 5.73 Å². The lowest BCUT2D eigenvalue weighted by atomic mass is 10.1. The standard InChI is InChI=1S/C14H20N2O3/c15-9-10-4-2-1-3-7-16(10)14(19)12-6-5-11(17)8-13(12)18/h5-6,8,10,17-18H,1-4,7,9,15H2. The number of benzene rings is 1. The van der Waals surface area contributed by atoms with Crippen LogP contribution in [0, 0.1) is 0 Å². The molecule has 0 radical (unpaired) electrons. The minimum absolute atomic E-state index is 0.0307. The van der Waals surface area contributed by atoms with E-state index >= 15 is 0 Å². The molecule has 1 fully saturated rings. The lowest BCUT2D eigenvalue weighted by Gasteiger charge is -2.29. The van der Waals surface area contributed by atoms with Gasteiger partial charge in [0.15, 0.2) is 0 Å². The number of hydrogen-bond acceptors (Lipinski definition) is 4. The Kier molecular flexibility index (Phi) is 4.27. The van der Waals surface area contributed by atoms with Crippen LogP contribution in [-0.2, 0) is 0 Å². The van der Waals surface area contributed by atoms with E-state index < -0.39 is 0 Å². The van der Waals surface area contributed by atoms with E-state index in [1.54, 1.807) is 4.90 Å². The Morgan fingerprint density at radius 3 is 2.79 bits per heavy atom. The van der Waals surface area contributed by atoms with E-state index in [4.69, 9.17) is 5.73 Å². The van der Waals surface area contributed by atoms with Crippen LogP contribution in [0.25, 0.3) is 0 Å². The van der Waals surface area contributed by atoms with Crippen LogP contribution >= 0.6 is 0 Å². The normalized spacial score (nSPS) is 20.1. The van der Waals surface area contributed by atoms with Gasteiger partial charge in [-0.25, -0.2) is 0 Å². The van der Waals surface area contributed by atoms with Crippen molar-refractivity contribution in [3.63, 3.8) is 0 Å². The summed E-state index contributed by atoms with van der Waals surface area (Å²) in [4.78, 5) is 14.2. The first kappa shape index (κ1) is 13.7. The number of phenols is 2. The molecule has 0 bridgehead atoms. The number of amides is 1. The number of phenolic OH excluding ortho intramolecular Hbond substituents is 2. The molecule has 19 heavy (non-hydrogen) atoms. The van der Waals surface area contributed by atoms with E-state index in [2.05, 4.69) is 0 Å². The third-order valence-electron chi connectivity index (χ3n) is 3.62. The summed E-state index contributed by atoms with van der Waals surface area (Å²) in [5.74, 6) is -0.458. The van der Waals surface area contributed by atoms with Gasteiger partial charge in [0.05, 0.1) is 5.56 Å². The van der Waals surface area contributed by atoms with Gasteiger partial charge in [0.1, 0.15) is 11.5 Å². The fraction of sp³-hybridized carbons (Fsp3) is 0.500. The lowest BCUT2D eigenvalue weighted by molar-refractivity contribution is 0.0686. The van der Waals surface area contributed by atoms with Gasteiger partial charge in [-0.2, -0.15) is 0 Å². The quantitative estimate of drug-likeness (QED) is 0.754. The maximum absolute atomic E-state index is 12.5. The summed E-state index contributed by atoms with van der Waals surface area (Å²) in [5, 5.41) is 19.1. The number of rotatable bonds is 2. The average molecular weight is 264 g/mol. The van der Waals surface area contributed by atoms with Crippen LogP contribution in [0.5, 0.6) is 11.5 Å². The van der Waals surface area contributed by atoms with E-state index in [0.717, 1.165) is 25.7 Å². The molecule has 1 amide bonds. The highest BCUT2D eigenvalue weighted by molar-refractivity contribution is 5.97. The molecular formula is C14H20N2O3. The zero-order valence-corrected chi connectivity index (χ0v) is 10.9. The molecule has 1 aromatic rings. The molecule has 1 heterocycles. The monoisotopic (exact) mass is 264 g/mol. The molecule has 5 heteroatoms. The minimum atomic E-state index is -0.213. The molecule has 1 atom stereocenters. The van der Waals surface area contributed by atoms with Crippen LogP contribution in [0.2, 0.25) is 0 Å². The Morgan fingerprint density at radius 1 is 1.32 bits per heavy atom. The van der Waals surface area contributed by atoms with Crippen LogP contribution in [0.1, 0.15) is 36.0 Å². The second-order valence-electron chi connectivity index (χ2n) is 4.94. The third kappa shape index (κ3) is 2.98. The first-order valence-electron chi connectivity index (χ1n) is 6.66. The topological polar surface area (TPSA) is 86.8 Å². The number of carbonyl (C=O) groups is 1. The molecule has 0 spiro atoms. The van der Waals surface area contributed by atoms with Crippen molar-refractivity contribution < 1.29 is 15.0 Å². The van der Waals surface area contributed by atoms with E-state index in [-0.39, 0.29) is 29.0 Å². The van der Waals surface area contributed by atoms with E-state index in [1.807, 2.05) is 0 Å². The van der Waals surface area contributed by atoms with Crippen molar-refractivity contribution in [1.29, 1.82) is 0 Å². The van der Waals surface area contributed by atoms with Crippen molar-refractivity contribution in [3.05, 3.63) is 23.8 Å². The molecule has 1 aliphatic heterocycles. The Morgan fingerprint density at radius 2 is 2.11 bits per heavy atom. The van der Waals surface area contributed by atoms with Gasteiger partial charge >= 0.3 is 0 Å². The fourth-order valence-corrected chi connectivity index (χ4v) is 2.55. The predicted octanol–water partition coefficient (Wildman–Crippen LogP) is 1.44. The number of nitrogens with two attached hydrogens (primary N) is 1. The molecule has 0 aliphatic carbocycles. The summed E-state index contributed by atoms with van der Waals surface area (Å²) in [6.45, 7) is 1.10. The summed E-state index contributed by atoms with van der Waals surface area (Å²) in [6, 6.07) is 4.07. The number of likely N-dealkylation sites (tertiary alicyclic amines) is 1. The molecule has 2 rings (SSSR count). The molecule has 4 N–H and O–H groups in total. The second-order valence-corrected chi connectivity index (χ2v) is 4.94. The van der Waals surface area contributed by atoms with Crippen LogP contribution in [0.4, 0.5) is 0 Å². The Labute approximate surface area is 112 Å².